The molecule has 0 radical (unpaired) electrons. The first kappa shape index (κ1) is 15.8. The molecule has 23 heavy (non-hydrogen) atoms. The maximum absolute atomic E-state index is 6.01. The zero-order chi connectivity index (χ0) is 16.6. The summed E-state index contributed by atoms with van der Waals surface area (Å²) in [5.74, 6) is 1.49. The lowest BCUT2D eigenvalue weighted by Gasteiger charge is -2.10. The van der Waals surface area contributed by atoms with Crippen LogP contribution in [0.1, 0.15) is 11.3 Å². The van der Waals surface area contributed by atoms with Gasteiger partial charge in [-0.1, -0.05) is 0 Å². The molecule has 0 aliphatic carbocycles. The first-order valence-corrected chi connectivity index (χ1v) is 7.98. The van der Waals surface area contributed by atoms with Gasteiger partial charge in [-0.05, 0) is 52.7 Å². The van der Waals surface area contributed by atoms with E-state index in [1.165, 1.54) is 0 Å². The zero-order valence-electron chi connectivity index (χ0n) is 13.3. The summed E-state index contributed by atoms with van der Waals surface area (Å²) in [5, 5.41) is 0. The third-order valence-electron chi connectivity index (χ3n) is 3.82. The number of hydrogen-bond donors (Lipinski definition) is 1. The maximum Gasteiger partial charge on any atom is 0.140 e. The summed E-state index contributed by atoms with van der Waals surface area (Å²) in [7, 11) is 3.28. The number of halogens is 1. The summed E-state index contributed by atoms with van der Waals surface area (Å²) in [5.41, 5.74) is 10.6. The number of methoxy groups -OCH3 is 2. The van der Waals surface area contributed by atoms with Crippen LogP contribution in [-0.4, -0.2) is 23.6 Å². The Bertz CT molecular complexity index is 874. The van der Waals surface area contributed by atoms with Gasteiger partial charge in [0, 0.05) is 22.8 Å². The van der Waals surface area contributed by atoms with Crippen molar-refractivity contribution in [1.82, 2.24) is 9.38 Å². The van der Waals surface area contributed by atoms with Gasteiger partial charge in [-0.3, -0.25) is 0 Å². The molecule has 0 unspecified atom stereocenters. The molecular formula is C17H18BrN3O2. The van der Waals surface area contributed by atoms with Crippen LogP contribution in [0.25, 0.3) is 16.9 Å². The Kier molecular flexibility index (Phi) is 4.28. The second-order valence-corrected chi connectivity index (χ2v) is 6.13. The van der Waals surface area contributed by atoms with Crippen molar-refractivity contribution >= 4 is 21.6 Å². The topological polar surface area (TPSA) is 61.8 Å². The molecule has 0 saturated carbocycles. The number of ether oxygens (including phenoxy) is 2. The van der Waals surface area contributed by atoms with Crippen molar-refractivity contribution < 1.29 is 9.47 Å². The molecule has 0 amide bonds. The van der Waals surface area contributed by atoms with E-state index in [4.69, 9.17) is 20.2 Å². The molecule has 120 valence electrons. The van der Waals surface area contributed by atoms with Crippen LogP contribution in [0, 0.1) is 6.92 Å². The van der Waals surface area contributed by atoms with Crippen LogP contribution in [0.2, 0.25) is 0 Å². The highest BCUT2D eigenvalue weighted by Crippen LogP contribution is 2.36. The first-order chi connectivity index (χ1) is 11.1. The van der Waals surface area contributed by atoms with Crippen LogP contribution < -0.4 is 15.2 Å². The largest absolute Gasteiger partial charge is 0.497 e. The van der Waals surface area contributed by atoms with Crippen LogP contribution in [0.15, 0.2) is 34.9 Å². The van der Waals surface area contributed by atoms with Gasteiger partial charge in [-0.15, -0.1) is 0 Å². The van der Waals surface area contributed by atoms with E-state index in [1.54, 1.807) is 14.2 Å². The lowest BCUT2D eigenvalue weighted by molar-refractivity contribution is 0.404. The molecule has 0 atom stereocenters. The molecule has 3 rings (SSSR count). The van der Waals surface area contributed by atoms with Crippen molar-refractivity contribution in [2.45, 2.75) is 13.5 Å². The van der Waals surface area contributed by atoms with Crippen molar-refractivity contribution in [1.29, 1.82) is 0 Å². The minimum absolute atomic E-state index is 0.368. The van der Waals surface area contributed by atoms with E-state index >= 15 is 0 Å². The Hall–Kier alpha value is -2.05. The Morgan fingerprint density at radius 1 is 1.22 bits per heavy atom. The van der Waals surface area contributed by atoms with Gasteiger partial charge in [-0.25, -0.2) is 4.98 Å². The van der Waals surface area contributed by atoms with E-state index in [-0.39, 0.29) is 0 Å². The van der Waals surface area contributed by atoms with E-state index in [1.807, 2.05) is 41.8 Å². The van der Waals surface area contributed by atoms with Gasteiger partial charge in [-0.2, -0.15) is 0 Å². The fraction of sp³-hybridized carbons (Fsp3) is 0.235. The highest BCUT2D eigenvalue weighted by molar-refractivity contribution is 9.10. The third kappa shape index (κ3) is 2.68. The molecule has 2 aromatic heterocycles. The van der Waals surface area contributed by atoms with Crippen molar-refractivity contribution in [3.05, 3.63) is 46.2 Å². The van der Waals surface area contributed by atoms with E-state index in [2.05, 4.69) is 15.9 Å². The summed E-state index contributed by atoms with van der Waals surface area (Å²) in [4.78, 5) is 4.80. The van der Waals surface area contributed by atoms with Crippen molar-refractivity contribution in [2.24, 2.45) is 5.73 Å². The van der Waals surface area contributed by atoms with Crippen molar-refractivity contribution in [3.63, 3.8) is 0 Å². The van der Waals surface area contributed by atoms with Crippen molar-refractivity contribution in [3.8, 4) is 22.8 Å². The fourth-order valence-electron chi connectivity index (χ4n) is 2.73. The lowest BCUT2D eigenvalue weighted by atomic mass is 10.1. The Morgan fingerprint density at radius 3 is 2.65 bits per heavy atom. The number of aromatic nitrogens is 2. The lowest BCUT2D eigenvalue weighted by Crippen LogP contribution is -2.03. The molecule has 0 fully saturated rings. The summed E-state index contributed by atoms with van der Waals surface area (Å²) in [6.45, 7) is 2.40. The molecule has 0 saturated heterocycles. The number of imidazole rings is 1. The quantitative estimate of drug-likeness (QED) is 0.757. The number of pyridine rings is 1. The summed E-state index contributed by atoms with van der Waals surface area (Å²) in [6.07, 6.45) is 1.98. The van der Waals surface area contributed by atoms with Gasteiger partial charge in [0.2, 0.25) is 0 Å². The SMILES string of the molecule is COc1ccc(OC)c(-c2nc3c(C)cc(Br)cn3c2CN)c1. The van der Waals surface area contributed by atoms with Crippen LogP contribution in [0.4, 0.5) is 0 Å². The van der Waals surface area contributed by atoms with Gasteiger partial charge < -0.3 is 19.6 Å². The number of nitrogens with two attached hydrogens (primary N) is 1. The number of benzene rings is 1. The number of fused-ring (bicyclic) bond motifs is 1. The number of rotatable bonds is 4. The molecule has 6 heteroatoms. The highest BCUT2D eigenvalue weighted by atomic mass is 79.9. The average Bonchev–Trinajstić information content (AvgIpc) is 2.92. The van der Waals surface area contributed by atoms with Gasteiger partial charge in [0.05, 0.1) is 25.6 Å². The molecule has 0 bridgehead atoms. The second kappa shape index (κ2) is 6.22. The standard InChI is InChI=1S/C17H18BrN3O2/c1-10-6-11(18)9-21-14(8-19)16(20-17(10)21)13-7-12(22-2)4-5-15(13)23-3/h4-7,9H,8,19H2,1-3H3. The minimum atomic E-state index is 0.368. The molecule has 2 heterocycles. The predicted octanol–water partition coefficient (Wildman–Crippen LogP) is 3.55. The molecule has 0 spiro atoms. The van der Waals surface area contributed by atoms with Crippen LogP contribution in [0.3, 0.4) is 0 Å². The van der Waals surface area contributed by atoms with Crippen molar-refractivity contribution in [2.75, 3.05) is 14.2 Å². The number of nitrogens with zero attached hydrogens (tertiary/aromatic N) is 2. The van der Waals surface area contributed by atoms with Gasteiger partial charge in [0.25, 0.3) is 0 Å². The highest BCUT2D eigenvalue weighted by Gasteiger charge is 2.18. The summed E-state index contributed by atoms with van der Waals surface area (Å²) in [6, 6.07) is 7.70. The molecule has 2 N–H and O–H groups in total. The van der Waals surface area contributed by atoms with Gasteiger partial charge in [0.1, 0.15) is 17.1 Å². The number of hydrogen-bond acceptors (Lipinski definition) is 4. The molecule has 0 aliphatic heterocycles. The van der Waals surface area contributed by atoms with E-state index in [0.717, 1.165) is 44.1 Å². The maximum atomic E-state index is 6.01. The molecule has 3 aromatic rings. The molecule has 5 nitrogen and oxygen atoms in total. The smallest absolute Gasteiger partial charge is 0.140 e. The fourth-order valence-corrected chi connectivity index (χ4v) is 3.27. The van der Waals surface area contributed by atoms with Gasteiger partial charge >= 0.3 is 0 Å². The van der Waals surface area contributed by atoms with Crippen LogP contribution in [0.5, 0.6) is 11.5 Å². The Morgan fingerprint density at radius 2 is 2.00 bits per heavy atom. The minimum Gasteiger partial charge on any atom is -0.497 e. The van der Waals surface area contributed by atoms with Crippen LogP contribution >= 0.6 is 15.9 Å². The van der Waals surface area contributed by atoms with E-state index in [0.29, 0.717) is 6.54 Å². The monoisotopic (exact) mass is 375 g/mol. The second-order valence-electron chi connectivity index (χ2n) is 5.21. The molecule has 1 aromatic carbocycles. The van der Waals surface area contributed by atoms with E-state index < -0.39 is 0 Å². The number of aryl methyl sites for hydroxylation is 1. The van der Waals surface area contributed by atoms with Crippen LogP contribution in [-0.2, 0) is 6.54 Å². The molecular weight excluding hydrogens is 358 g/mol. The average molecular weight is 376 g/mol. The third-order valence-corrected chi connectivity index (χ3v) is 4.26. The van der Waals surface area contributed by atoms with Gasteiger partial charge in [0.15, 0.2) is 0 Å². The molecule has 0 aliphatic rings. The summed E-state index contributed by atoms with van der Waals surface area (Å²) < 4.78 is 13.8. The zero-order valence-corrected chi connectivity index (χ0v) is 14.8. The first-order valence-electron chi connectivity index (χ1n) is 7.18. The van der Waals surface area contributed by atoms with E-state index in [9.17, 15) is 0 Å². The normalized spacial score (nSPS) is 11.0. The Balaban J connectivity index is 2.34. The Labute approximate surface area is 143 Å². The summed E-state index contributed by atoms with van der Waals surface area (Å²) >= 11 is 3.53. The predicted molar refractivity (Wildman–Crippen MR) is 94.1 cm³/mol.